The molecule has 0 aromatic carbocycles. The number of aliphatic hydroxyl groups excluding tert-OH is 1. The Balaban J connectivity index is 1.71. The third kappa shape index (κ3) is 2.97. The Labute approximate surface area is 122 Å². The Kier molecular flexibility index (Phi) is 4.00. The van der Waals surface area contributed by atoms with Crippen molar-refractivity contribution < 1.29 is 5.11 Å². The van der Waals surface area contributed by atoms with E-state index in [0.29, 0.717) is 23.4 Å². The van der Waals surface area contributed by atoms with Gasteiger partial charge in [0.05, 0.1) is 19.3 Å². The van der Waals surface area contributed by atoms with Gasteiger partial charge in [0.1, 0.15) is 11.2 Å². The number of aromatic amines is 1. The highest BCUT2D eigenvalue weighted by Crippen LogP contribution is 2.08. The molecule has 0 amide bonds. The number of aliphatic hydroxyl groups is 1. The van der Waals surface area contributed by atoms with E-state index in [1.807, 2.05) is 0 Å². The van der Waals surface area contributed by atoms with Crippen LogP contribution in [0.15, 0.2) is 11.0 Å². The zero-order valence-electron chi connectivity index (χ0n) is 12.1. The molecule has 8 heteroatoms. The predicted octanol–water partition coefficient (Wildman–Crippen LogP) is -1.23. The van der Waals surface area contributed by atoms with E-state index in [0.717, 1.165) is 32.7 Å². The number of hydrogen-bond acceptors (Lipinski definition) is 6. The van der Waals surface area contributed by atoms with E-state index in [1.165, 1.54) is 0 Å². The van der Waals surface area contributed by atoms with Crippen molar-refractivity contribution in [2.45, 2.75) is 6.54 Å². The summed E-state index contributed by atoms with van der Waals surface area (Å²) in [5.74, 6) is 0.673. The minimum Gasteiger partial charge on any atom is -0.395 e. The van der Waals surface area contributed by atoms with Crippen LogP contribution < -0.4 is 5.56 Å². The molecule has 0 aliphatic carbocycles. The predicted molar refractivity (Wildman–Crippen MR) is 77.9 cm³/mol. The van der Waals surface area contributed by atoms with Gasteiger partial charge < -0.3 is 10.1 Å². The largest absolute Gasteiger partial charge is 0.395 e. The van der Waals surface area contributed by atoms with Crippen LogP contribution >= 0.6 is 0 Å². The SMILES string of the molecule is Cn1ncc2c(=O)[nH]c(CN3CCN(CCO)CC3)nc21. The van der Waals surface area contributed by atoms with Crippen LogP contribution in [0.2, 0.25) is 0 Å². The third-order valence-corrected chi connectivity index (χ3v) is 3.91. The summed E-state index contributed by atoms with van der Waals surface area (Å²) in [7, 11) is 1.78. The molecule has 0 unspecified atom stereocenters. The van der Waals surface area contributed by atoms with E-state index in [4.69, 9.17) is 5.11 Å². The monoisotopic (exact) mass is 292 g/mol. The molecule has 1 saturated heterocycles. The van der Waals surface area contributed by atoms with Crippen LogP contribution in [0.1, 0.15) is 5.82 Å². The van der Waals surface area contributed by atoms with Crippen molar-refractivity contribution in [3.8, 4) is 0 Å². The topological polar surface area (TPSA) is 90.3 Å². The summed E-state index contributed by atoms with van der Waals surface area (Å²) in [5, 5.41) is 13.5. The molecule has 2 N–H and O–H groups in total. The van der Waals surface area contributed by atoms with Crippen molar-refractivity contribution in [1.29, 1.82) is 0 Å². The maximum atomic E-state index is 12.0. The van der Waals surface area contributed by atoms with Gasteiger partial charge in [0.2, 0.25) is 0 Å². The zero-order chi connectivity index (χ0) is 14.8. The summed E-state index contributed by atoms with van der Waals surface area (Å²) in [6, 6.07) is 0. The highest BCUT2D eigenvalue weighted by atomic mass is 16.3. The maximum Gasteiger partial charge on any atom is 0.262 e. The summed E-state index contributed by atoms with van der Waals surface area (Å²) < 4.78 is 1.62. The number of fused-ring (bicyclic) bond motifs is 1. The van der Waals surface area contributed by atoms with Gasteiger partial charge >= 0.3 is 0 Å². The standard InChI is InChI=1S/C13H20N6O2/c1-17-12-10(8-14-17)13(21)16-11(15-12)9-19-4-2-18(3-5-19)6-7-20/h8,20H,2-7,9H2,1H3,(H,15,16,21). The number of rotatable bonds is 4. The summed E-state index contributed by atoms with van der Waals surface area (Å²) in [6.45, 7) is 5.23. The first-order valence-electron chi connectivity index (χ1n) is 7.14. The first-order chi connectivity index (χ1) is 10.2. The summed E-state index contributed by atoms with van der Waals surface area (Å²) >= 11 is 0. The molecule has 0 bridgehead atoms. The van der Waals surface area contributed by atoms with Crippen LogP contribution in [-0.4, -0.2) is 74.0 Å². The second-order valence-corrected chi connectivity index (χ2v) is 5.36. The second-order valence-electron chi connectivity index (χ2n) is 5.36. The van der Waals surface area contributed by atoms with E-state index < -0.39 is 0 Å². The number of aryl methyl sites for hydroxylation is 1. The number of aromatic nitrogens is 4. The fourth-order valence-electron chi connectivity index (χ4n) is 2.68. The van der Waals surface area contributed by atoms with Crippen molar-refractivity contribution in [3.05, 3.63) is 22.4 Å². The number of piperazine rings is 1. The lowest BCUT2D eigenvalue weighted by Gasteiger charge is -2.33. The van der Waals surface area contributed by atoms with Crippen LogP contribution in [-0.2, 0) is 13.6 Å². The van der Waals surface area contributed by atoms with E-state index >= 15 is 0 Å². The van der Waals surface area contributed by atoms with Gasteiger partial charge in [0.15, 0.2) is 5.65 Å². The van der Waals surface area contributed by atoms with Crippen molar-refractivity contribution in [3.63, 3.8) is 0 Å². The molecule has 8 nitrogen and oxygen atoms in total. The van der Waals surface area contributed by atoms with Crippen molar-refractivity contribution in [2.75, 3.05) is 39.3 Å². The van der Waals surface area contributed by atoms with Crippen molar-refractivity contribution in [1.82, 2.24) is 29.5 Å². The van der Waals surface area contributed by atoms with Gasteiger partial charge in [-0.1, -0.05) is 0 Å². The average Bonchev–Trinajstić information content (AvgIpc) is 2.84. The van der Waals surface area contributed by atoms with Crippen LogP contribution in [0.5, 0.6) is 0 Å². The van der Waals surface area contributed by atoms with Gasteiger partial charge in [-0.25, -0.2) is 4.98 Å². The van der Waals surface area contributed by atoms with Crippen LogP contribution in [0.4, 0.5) is 0 Å². The molecule has 0 atom stereocenters. The molecular formula is C13H20N6O2. The Morgan fingerprint density at radius 2 is 2.00 bits per heavy atom. The lowest BCUT2D eigenvalue weighted by atomic mass is 10.3. The maximum absolute atomic E-state index is 12.0. The number of hydrogen-bond donors (Lipinski definition) is 2. The molecule has 3 rings (SSSR count). The Morgan fingerprint density at radius 1 is 1.29 bits per heavy atom. The quantitative estimate of drug-likeness (QED) is 0.733. The minimum atomic E-state index is -0.137. The molecule has 0 saturated carbocycles. The van der Waals surface area contributed by atoms with Gasteiger partial charge in [-0.05, 0) is 0 Å². The fraction of sp³-hybridized carbons (Fsp3) is 0.615. The normalized spacial score (nSPS) is 17.6. The zero-order valence-corrected chi connectivity index (χ0v) is 12.1. The highest BCUT2D eigenvalue weighted by Gasteiger charge is 2.18. The summed E-state index contributed by atoms with van der Waals surface area (Å²) in [4.78, 5) is 23.8. The molecule has 0 spiro atoms. The number of nitrogens with one attached hydrogen (secondary N) is 1. The molecule has 21 heavy (non-hydrogen) atoms. The van der Waals surface area contributed by atoms with E-state index in [-0.39, 0.29) is 12.2 Å². The summed E-state index contributed by atoms with van der Waals surface area (Å²) in [6.07, 6.45) is 1.54. The number of β-amino-alcohol motifs (C(OH)–C–C–N with tert-alkyl or cyclic N) is 1. The van der Waals surface area contributed by atoms with Crippen molar-refractivity contribution in [2.24, 2.45) is 7.05 Å². The molecule has 1 aliphatic rings. The van der Waals surface area contributed by atoms with Gasteiger partial charge in [0, 0.05) is 39.8 Å². The minimum absolute atomic E-state index is 0.137. The van der Waals surface area contributed by atoms with Crippen LogP contribution in [0.25, 0.3) is 11.0 Å². The fourth-order valence-corrected chi connectivity index (χ4v) is 2.68. The third-order valence-electron chi connectivity index (χ3n) is 3.91. The Morgan fingerprint density at radius 3 is 2.71 bits per heavy atom. The lowest BCUT2D eigenvalue weighted by Crippen LogP contribution is -2.46. The Bertz CT molecular complexity index is 671. The van der Waals surface area contributed by atoms with Gasteiger partial charge in [-0.3, -0.25) is 19.3 Å². The molecule has 2 aromatic heterocycles. The number of nitrogens with zero attached hydrogens (tertiary/aromatic N) is 5. The molecule has 0 radical (unpaired) electrons. The molecule has 2 aromatic rings. The molecule has 3 heterocycles. The first kappa shape index (κ1) is 14.2. The summed E-state index contributed by atoms with van der Waals surface area (Å²) in [5.41, 5.74) is 0.481. The first-order valence-corrected chi connectivity index (χ1v) is 7.14. The van der Waals surface area contributed by atoms with Gasteiger partial charge in [-0.15, -0.1) is 0 Å². The van der Waals surface area contributed by atoms with E-state index in [2.05, 4.69) is 24.9 Å². The highest BCUT2D eigenvalue weighted by molar-refractivity contribution is 5.72. The van der Waals surface area contributed by atoms with Crippen LogP contribution in [0.3, 0.4) is 0 Å². The van der Waals surface area contributed by atoms with E-state index in [1.54, 1.807) is 17.9 Å². The molecule has 1 aliphatic heterocycles. The van der Waals surface area contributed by atoms with E-state index in [9.17, 15) is 4.79 Å². The second kappa shape index (κ2) is 5.92. The smallest absolute Gasteiger partial charge is 0.262 e. The number of H-pyrrole nitrogens is 1. The van der Waals surface area contributed by atoms with Crippen molar-refractivity contribution >= 4 is 11.0 Å². The van der Waals surface area contributed by atoms with Gasteiger partial charge in [0.25, 0.3) is 5.56 Å². The van der Waals surface area contributed by atoms with Crippen LogP contribution in [0, 0.1) is 0 Å². The molecular weight excluding hydrogens is 272 g/mol. The molecule has 1 fully saturated rings. The molecule has 114 valence electrons. The lowest BCUT2D eigenvalue weighted by molar-refractivity contribution is 0.107. The average molecular weight is 292 g/mol. The van der Waals surface area contributed by atoms with Gasteiger partial charge in [-0.2, -0.15) is 5.10 Å². The Hall–Kier alpha value is -1.77.